The van der Waals surface area contributed by atoms with Gasteiger partial charge < -0.3 is 14.3 Å². The Morgan fingerprint density at radius 1 is 1.00 bits per heavy atom. The van der Waals surface area contributed by atoms with Gasteiger partial charge in [-0.3, -0.25) is 4.79 Å². The number of ether oxygens (including phenoxy) is 1. The summed E-state index contributed by atoms with van der Waals surface area (Å²) in [6.07, 6.45) is 0. The molecule has 124 valence electrons. The van der Waals surface area contributed by atoms with Gasteiger partial charge in [0.2, 0.25) is 5.43 Å². The monoisotopic (exact) mass is 396 g/mol. The van der Waals surface area contributed by atoms with E-state index >= 15 is 0 Å². The molecule has 4 nitrogen and oxygen atoms in total. The molecule has 0 aliphatic rings. The summed E-state index contributed by atoms with van der Waals surface area (Å²) in [7, 11) is 0. The highest BCUT2D eigenvalue weighted by molar-refractivity contribution is 9.10. The van der Waals surface area contributed by atoms with Gasteiger partial charge in [-0.05, 0) is 29.8 Å². The first-order chi connectivity index (χ1) is 12.1. The van der Waals surface area contributed by atoms with Crippen molar-refractivity contribution in [2.75, 3.05) is 0 Å². The molecule has 0 spiro atoms. The van der Waals surface area contributed by atoms with Crippen molar-refractivity contribution in [3.05, 3.63) is 80.9 Å². The molecule has 0 amide bonds. The lowest BCUT2D eigenvalue weighted by Gasteiger charge is -2.09. The van der Waals surface area contributed by atoms with Crippen LogP contribution in [-0.2, 0) is 6.61 Å². The van der Waals surface area contributed by atoms with Crippen molar-refractivity contribution >= 4 is 37.9 Å². The summed E-state index contributed by atoms with van der Waals surface area (Å²) in [6.45, 7) is 0.336. The Labute approximate surface area is 151 Å². The molecule has 0 aliphatic carbocycles. The van der Waals surface area contributed by atoms with Crippen LogP contribution in [-0.4, -0.2) is 5.11 Å². The molecule has 0 bridgehead atoms. The number of hydrogen-bond acceptors (Lipinski definition) is 4. The van der Waals surface area contributed by atoms with Crippen molar-refractivity contribution in [3.8, 4) is 11.5 Å². The van der Waals surface area contributed by atoms with Gasteiger partial charge in [-0.25, -0.2) is 0 Å². The lowest BCUT2D eigenvalue weighted by molar-refractivity contribution is 0.304. The van der Waals surface area contributed by atoms with Crippen LogP contribution >= 0.6 is 15.9 Å². The second-order valence-corrected chi connectivity index (χ2v) is 6.58. The van der Waals surface area contributed by atoms with Crippen molar-refractivity contribution in [2.24, 2.45) is 0 Å². The fourth-order valence-electron chi connectivity index (χ4n) is 2.76. The molecule has 0 saturated heterocycles. The van der Waals surface area contributed by atoms with E-state index in [9.17, 15) is 9.90 Å². The number of benzene rings is 3. The van der Waals surface area contributed by atoms with Crippen molar-refractivity contribution in [1.29, 1.82) is 0 Å². The van der Waals surface area contributed by atoms with Gasteiger partial charge in [-0.1, -0.05) is 40.2 Å². The first-order valence-electron chi connectivity index (χ1n) is 7.67. The lowest BCUT2D eigenvalue weighted by Crippen LogP contribution is -2.03. The van der Waals surface area contributed by atoms with Crippen molar-refractivity contribution in [1.82, 2.24) is 0 Å². The van der Waals surface area contributed by atoms with Crippen LogP contribution in [0, 0.1) is 0 Å². The normalized spacial score (nSPS) is 11.1. The van der Waals surface area contributed by atoms with Gasteiger partial charge in [-0.15, -0.1) is 0 Å². The Balaban J connectivity index is 1.76. The van der Waals surface area contributed by atoms with E-state index in [1.54, 1.807) is 30.3 Å². The molecular weight excluding hydrogens is 384 g/mol. The van der Waals surface area contributed by atoms with E-state index in [1.165, 1.54) is 6.07 Å². The summed E-state index contributed by atoms with van der Waals surface area (Å²) < 4.78 is 12.5. The fourth-order valence-corrected chi connectivity index (χ4v) is 3.20. The predicted molar refractivity (Wildman–Crippen MR) is 100 cm³/mol. The number of phenolic OH excluding ortho intramolecular Hbond substituents is 1. The topological polar surface area (TPSA) is 59.7 Å². The Morgan fingerprint density at radius 2 is 1.84 bits per heavy atom. The van der Waals surface area contributed by atoms with Crippen LogP contribution in [0.5, 0.6) is 11.5 Å². The summed E-state index contributed by atoms with van der Waals surface area (Å²) in [5, 5.41) is 10.9. The first-order valence-corrected chi connectivity index (χ1v) is 8.47. The lowest BCUT2D eigenvalue weighted by atomic mass is 10.1. The molecule has 1 heterocycles. The maximum atomic E-state index is 12.6. The van der Waals surface area contributed by atoms with E-state index < -0.39 is 0 Å². The summed E-state index contributed by atoms with van der Waals surface area (Å²) in [4.78, 5) is 12.6. The Bertz CT molecular complexity index is 1150. The molecule has 5 heteroatoms. The zero-order chi connectivity index (χ0) is 17.4. The number of para-hydroxylation sites is 1. The predicted octanol–water partition coefficient (Wildman–Crippen LogP) is 4.99. The largest absolute Gasteiger partial charge is 0.507 e. The number of fused-ring (bicyclic) bond motifs is 2. The second-order valence-electron chi connectivity index (χ2n) is 5.66. The van der Waals surface area contributed by atoms with Gasteiger partial charge in [0.05, 0.1) is 5.39 Å². The minimum atomic E-state index is -0.257. The van der Waals surface area contributed by atoms with Crippen LogP contribution in [0.4, 0.5) is 0 Å². The molecule has 4 rings (SSSR count). The fraction of sp³-hybridized carbons (Fsp3) is 0.0500. The van der Waals surface area contributed by atoms with Gasteiger partial charge in [0, 0.05) is 16.6 Å². The zero-order valence-corrected chi connectivity index (χ0v) is 14.6. The highest BCUT2D eigenvalue weighted by Crippen LogP contribution is 2.31. The highest BCUT2D eigenvalue weighted by atomic mass is 79.9. The molecule has 0 aliphatic heterocycles. The standard InChI is InChI=1S/C20H13BrO4/c21-13-5-3-4-12(8-13)11-24-14-9-16(22)19-18(10-14)25-17-7-2-1-6-15(17)20(19)23/h1-10,22H,11H2. The zero-order valence-electron chi connectivity index (χ0n) is 13.0. The first kappa shape index (κ1) is 15.7. The van der Waals surface area contributed by atoms with Crippen LogP contribution in [0.3, 0.4) is 0 Å². The number of aromatic hydroxyl groups is 1. The van der Waals surface area contributed by atoms with Crippen LogP contribution in [0.25, 0.3) is 21.9 Å². The molecule has 0 unspecified atom stereocenters. The Morgan fingerprint density at radius 3 is 2.68 bits per heavy atom. The second kappa shape index (κ2) is 6.26. The van der Waals surface area contributed by atoms with Gasteiger partial charge in [0.1, 0.15) is 34.7 Å². The van der Waals surface area contributed by atoms with Gasteiger partial charge in [0.25, 0.3) is 0 Å². The third-order valence-electron chi connectivity index (χ3n) is 3.93. The molecule has 0 fully saturated rings. The van der Waals surface area contributed by atoms with E-state index in [-0.39, 0.29) is 16.6 Å². The summed E-state index contributed by atoms with van der Waals surface area (Å²) in [5.74, 6) is 0.282. The number of hydrogen-bond donors (Lipinski definition) is 1. The van der Waals surface area contributed by atoms with E-state index in [0.29, 0.717) is 28.9 Å². The van der Waals surface area contributed by atoms with Crippen molar-refractivity contribution in [3.63, 3.8) is 0 Å². The number of halogens is 1. The number of rotatable bonds is 3. The molecular formula is C20H13BrO4. The van der Waals surface area contributed by atoms with Gasteiger partial charge in [0.15, 0.2) is 0 Å². The maximum absolute atomic E-state index is 12.6. The highest BCUT2D eigenvalue weighted by Gasteiger charge is 2.13. The summed E-state index contributed by atoms with van der Waals surface area (Å²) >= 11 is 3.42. The molecule has 3 aromatic carbocycles. The average molecular weight is 397 g/mol. The smallest absolute Gasteiger partial charge is 0.204 e. The molecule has 4 aromatic rings. The van der Waals surface area contributed by atoms with Crippen molar-refractivity contribution in [2.45, 2.75) is 6.61 Å². The minimum absolute atomic E-state index is 0.152. The molecule has 0 radical (unpaired) electrons. The maximum Gasteiger partial charge on any atom is 0.204 e. The molecule has 1 aromatic heterocycles. The molecule has 1 N–H and O–H groups in total. The van der Waals surface area contributed by atoms with E-state index in [4.69, 9.17) is 9.15 Å². The summed E-state index contributed by atoms with van der Waals surface area (Å²) in [6, 6.07) is 17.8. The van der Waals surface area contributed by atoms with Crippen LogP contribution in [0.1, 0.15) is 5.56 Å². The third kappa shape index (κ3) is 2.98. The average Bonchev–Trinajstić information content (AvgIpc) is 2.60. The van der Waals surface area contributed by atoms with Crippen LogP contribution in [0.15, 0.2) is 74.3 Å². The van der Waals surface area contributed by atoms with Crippen molar-refractivity contribution < 1.29 is 14.3 Å². The molecule has 0 atom stereocenters. The Hall–Kier alpha value is -2.79. The third-order valence-corrected chi connectivity index (χ3v) is 4.42. The minimum Gasteiger partial charge on any atom is -0.507 e. The number of phenols is 1. The van der Waals surface area contributed by atoms with E-state index in [1.807, 2.05) is 24.3 Å². The van der Waals surface area contributed by atoms with Crippen LogP contribution < -0.4 is 10.2 Å². The summed E-state index contributed by atoms with van der Waals surface area (Å²) in [5.41, 5.74) is 1.50. The van der Waals surface area contributed by atoms with E-state index in [0.717, 1.165) is 10.0 Å². The molecule has 0 saturated carbocycles. The molecule has 25 heavy (non-hydrogen) atoms. The van der Waals surface area contributed by atoms with Crippen LogP contribution in [0.2, 0.25) is 0 Å². The quantitative estimate of drug-likeness (QED) is 0.495. The SMILES string of the molecule is O=c1c2ccccc2oc2cc(OCc3cccc(Br)c3)cc(O)c12. The van der Waals surface area contributed by atoms with E-state index in [2.05, 4.69) is 15.9 Å². The van der Waals surface area contributed by atoms with Gasteiger partial charge in [-0.2, -0.15) is 0 Å². The Kier molecular flexibility index (Phi) is 3.93. The van der Waals surface area contributed by atoms with Gasteiger partial charge >= 0.3 is 0 Å².